The fourth-order valence-electron chi connectivity index (χ4n) is 6.01. The summed E-state index contributed by atoms with van der Waals surface area (Å²) in [6, 6.07) is 4.30. The number of benzene rings is 1. The van der Waals surface area contributed by atoms with Crippen LogP contribution in [0.4, 0.5) is 19.0 Å². The van der Waals surface area contributed by atoms with Crippen LogP contribution in [0.3, 0.4) is 0 Å². The first-order valence-corrected chi connectivity index (χ1v) is 17.1. The highest BCUT2D eigenvalue weighted by atomic mass is 79.9. The zero-order valence-electron chi connectivity index (χ0n) is 26.1. The average molecular weight is 724 g/mol. The number of halogens is 4. The third-order valence-corrected chi connectivity index (χ3v) is 9.95. The summed E-state index contributed by atoms with van der Waals surface area (Å²) in [7, 11) is 0. The molecule has 0 radical (unpaired) electrons. The summed E-state index contributed by atoms with van der Waals surface area (Å²) in [6.45, 7) is 10.7. The van der Waals surface area contributed by atoms with Crippen molar-refractivity contribution in [1.82, 2.24) is 24.8 Å². The van der Waals surface area contributed by atoms with Crippen molar-refractivity contribution < 1.29 is 27.5 Å². The first-order valence-electron chi connectivity index (χ1n) is 15.5. The molecule has 2 fully saturated rings. The fourth-order valence-corrected chi connectivity index (χ4v) is 7.62. The largest absolute Gasteiger partial charge is 0.466 e. The highest BCUT2D eigenvalue weighted by molar-refractivity contribution is 9.10. The topological polar surface area (TPSA) is 91.8 Å². The Labute approximate surface area is 279 Å². The smallest absolute Gasteiger partial charge is 0.416 e. The van der Waals surface area contributed by atoms with Crippen molar-refractivity contribution in [2.24, 2.45) is 0 Å². The Morgan fingerprint density at radius 1 is 1.09 bits per heavy atom. The minimum atomic E-state index is -4.50. The number of Topliss-reactive ketones (excluding diaryl/α,β-unsaturated/α-hetero) is 1. The molecule has 1 aromatic carbocycles. The van der Waals surface area contributed by atoms with E-state index in [1.54, 1.807) is 19.2 Å². The van der Waals surface area contributed by atoms with Crippen molar-refractivity contribution in [2.45, 2.75) is 71.3 Å². The van der Waals surface area contributed by atoms with Gasteiger partial charge in [0.2, 0.25) is 0 Å². The van der Waals surface area contributed by atoms with Crippen LogP contribution in [0.15, 0.2) is 35.1 Å². The molecule has 0 amide bonds. The van der Waals surface area contributed by atoms with E-state index in [9.17, 15) is 22.8 Å². The van der Waals surface area contributed by atoms with E-state index in [4.69, 9.17) is 9.72 Å². The van der Waals surface area contributed by atoms with Gasteiger partial charge in [-0.25, -0.2) is 15.0 Å². The molecule has 0 unspecified atom stereocenters. The zero-order chi connectivity index (χ0) is 33.0. The third-order valence-electron chi connectivity index (χ3n) is 8.46. The number of piperazine rings is 1. The minimum absolute atomic E-state index is 0.0308. The van der Waals surface area contributed by atoms with Crippen LogP contribution in [-0.4, -0.2) is 87.9 Å². The molecule has 14 heteroatoms. The summed E-state index contributed by atoms with van der Waals surface area (Å²) in [4.78, 5) is 46.2. The van der Waals surface area contributed by atoms with Gasteiger partial charge in [0.05, 0.1) is 43.1 Å². The van der Waals surface area contributed by atoms with Crippen LogP contribution < -0.4 is 4.90 Å². The lowest BCUT2D eigenvalue weighted by atomic mass is 10.1. The summed E-state index contributed by atoms with van der Waals surface area (Å²) < 4.78 is 46.3. The number of nitrogens with zero attached hydrogens (tertiary/aromatic N) is 6. The molecule has 2 aliphatic heterocycles. The molecule has 46 heavy (non-hydrogen) atoms. The van der Waals surface area contributed by atoms with E-state index in [0.29, 0.717) is 65.3 Å². The van der Waals surface area contributed by atoms with Crippen molar-refractivity contribution >= 4 is 44.8 Å². The number of anilines is 1. The van der Waals surface area contributed by atoms with Gasteiger partial charge in [0.15, 0.2) is 5.78 Å². The molecule has 3 aromatic rings. The van der Waals surface area contributed by atoms with Gasteiger partial charge in [0.25, 0.3) is 0 Å². The summed E-state index contributed by atoms with van der Waals surface area (Å²) in [5.74, 6) is 0.212. The molecule has 0 saturated carbocycles. The van der Waals surface area contributed by atoms with Crippen LogP contribution >= 0.6 is 27.3 Å². The van der Waals surface area contributed by atoms with Crippen LogP contribution in [0.25, 0.3) is 11.3 Å². The van der Waals surface area contributed by atoms with E-state index < -0.39 is 11.7 Å². The number of esters is 1. The van der Waals surface area contributed by atoms with Crippen molar-refractivity contribution in [1.29, 1.82) is 0 Å². The molecule has 248 valence electrons. The van der Waals surface area contributed by atoms with Crippen molar-refractivity contribution in [2.75, 3.05) is 44.2 Å². The number of hydrogen-bond acceptors (Lipinski definition) is 10. The van der Waals surface area contributed by atoms with Gasteiger partial charge in [-0.2, -0.15) is 13.2 Å². The van der Waals surface area contributed by atoms with E-state index in [1.165, 1.54) is 17.5 Å². The Morgan fingerprint density at radius 3 is 2.54 bits per heavy atom. The predicted molar refractivity (Wildman–Crippen MR) is 174 cm³/mol. The quantitative estimate of drug-likeness (QED) is 0.168. The SMILES string of the molecule is CCOC(=O)CCN1CCN(c2cnc(C(=O)Cc3nc(-c4cc(Br)cc(C(F)(F)F)c4)c(CN4CCC[C@H]4C)s3)cn2)[C@H](C)C1. The first-order chi connectivity index (χ1) is 21.9. The Morgan fingerprint density at radius 2 is 1.89 bits per heavy atom. The van der Waals surface area contributed by atoms with Crippen LogP contribution in [0.1, 0.15) is 66.0 Å². The number of rotatable bonds is 11. The van der Waals surface area contributed by atoms with Gasteiger partial charge in [-0.05, 0) is 58.4 Å². The van der Waals surface area contributed by atoms with Gasteiger partial charge in [0, 0.05) is 59.7 Å². The summed E-state index contributed by atoms with van der Waals surface area (Å²) in [5, 5.41) is 0.522. The number of likely N-dealkylation sites (tertiary alicyclic amines) is 1. The van der Waals surface area contributed by atoms with Crippen LogP contribution in [0.2, 0.25) is 0 Å². The molecular weight excluding hydrogens is 685 g/mol. The van der Waals surface area contributed by atoms with E-state index in [1.807, 2.05) is 0 Å². The van der Waals surface area contributed by atoms with Crippen LogP contribution in [0, 0.1) is 0 Å². The van der Waals surface area contributed by atoms with Gasteiger partial charge < -0.3 is 9.64 Å². The lowest BCUT2D eigenvalue weighted by Gasteiger charge is -2.40. The van der Waals surface area contributed by atoms with Crippen molar-refractivity contribution in [3.8, 4) is 11.3 Å². The molecule has 0 aliphatic carbocycles. The van der Waals surface area contributed by atoms with Crippen molar-refractivity contribution in [3.05, 3.63) is 56.2 Å². The summed E-state index contributed by atoms with van der Waals surface area (Å²) in [5.41, 5.74) is 0.275. The predicted octanol–water partition coefficient (Wildman–Crippen LogP) is 6.25. The second kappa shape index (κ2) is 14.9. The highest BCUT2D eigenvalue weighted by Crippen LogP contribution is 2.38. The normalized spacial score (nSPS) is 19.5. The van der Waals surface area contributed by atoms with Gasteiger partial charge in [-0.1, -0.05) is 15.9 Å². The Kier molecular flexibility index (Phi) is 11.1. The van der Waals surface area contributed by atoms with Crippen LogP contribution in [0.5, 0.6) is 0 Å². The number of hydrogen-bond donors (Lipinski definition) is 0. The summed E-state index contributed by atoms with van der Waals surface area (Å²) >= 11 is 4.59. The third kappa shape index (κ3) is 8.50. The second-order valence-electron chi connectivity index (χ2n) is 11.8. The number of ketones is 1. The average Bonchev–Trinajstić information content (AvgIpc) is 3.60. The number of aromatic nitrogens is 3. The Balaban J connectivity index is 1.29. The molecule has 0 spiro atoms. The van der Waals surface area contributed by atoms with Gasteiger partial charge in [-0.3, -0.25) is 19.4 Å². The highest BCUT2D eigenvalue weighted by Gasteiger charge is 2.32. The summed E-state index contributed by atoms with van der Waals surface area (Å²) in [6.07, 6.45) is 1.03. The molecule has 4 heterocycles. The standard InChI is InChI=1S/C32H38BrF3N6O3S/c1-4-45-30(44)7-9-40-10-11-42(21(3)18-40)28-17-37-25(16-38-28)26(43)15-29-39-31(27(46-29)19-41-8-5-6-20(41)2)22-12-23(32(34,35)36)14-24(33)13-22/h12-14,16-17,20-21H,4-11,15,18-19H2,1-3H3/t20-,21-/m1/s1. The Hall–Kier alpha value is -2.94. The van der Waals surface area contributed by atoms with Gasteiger partial charge in [-0.15, -0.1) is 11.3 Å². The molecule has 2 atom stereocenters. The van der Waals surface area contributed by atoms with Gasteiger partial charge >= 0.3 is 12.1 Å². The maximum atomic E-state index is 13.7. The number of carbonyl (C=O) groups is 2. The number of thiazole rings is 1. The molecule has 2 aromatic heterocycles. The molecule has 2 saturated heterocycles. The number of carbonyl (C=O) groups excluding carboxylic acids is 2. The van der Waals surface area contributed by atoms with E-state index >= 15 is 0 Å². The maximum absolute atomic E-state index is 13.7. The van der Waals surface area contributed by atoms with Gasteiger partial charge in [0.1, 0.15) is 16.5 Å². The molecule has 0 N–H and O–H groups in total. The van der Waals surface area contributed by atoms with Crippen molar-refractivity contribution in [3.63, 3.8) is 0 Å². The Bertz CT molecular complexity index is 1540. The van der Waals surface area contributed by atoms with Crippen LogP contribution in [-0.2, 0) is 28.7 Å². The molecule has 0 bridgehead atoms. The number of alkyl halides is 3. The maximum Gasteiger partial charge on any atom is 0.416 e. The monoisotopic (exact) mass is 722 g/mol. The van der Waals surface area contributed by atoms with E-state index in [0.717, 1.165) is 49.5 Å². The first kappa shape index (κ1) is 34.4. The zero-order valence-corrected chi connectivity index (χ0v) is 28.6. The van der Waals surface area contributed by atoms with E-state index in [2.05, 4.69) is 54.4 Å². The fraction of sp³-hybridized carbons (Fsp3) is 0.531. The molecule has 9 nitrogen and oxygen atoms in total. The minimum Gasteiger partial charge on any atom is -0.466 e. The lowest BCUT2D eigenvalue weighted by molar-refractivity contribution is -0.143. The molecular formula is C32H38BrF3N6O3S. The second-order valence-corrected chi connectivity index (χ2v) is 13.9. The van der Waals surface area contributed by atoms with E-state index in [-0.39, 0.29) is 29.9 Å². The number of ether oxygens (including phenoxy) is 1. The molecule has 5 rings (SSSR count). The molecule has 2 aliphatic rings. The lowest BCUT2D eigenvalue weighted by Crippen LogP contribution is -2.52.